The number of hydrogen-bond donors (Lipinski definition) is 1. The van der Waals surface area contributed by atoms with Crippen LogP contribution in [-0.2, 0) is 16.6 Å². The standard InChI is InChI=1S/C23H20FN3O2S/c1-25-14-17-12-23(21-9-2-3-10-22(21)24)27(16-17)30(28,29)20-8-4-6-18(13-20)19-7-5-11-26-15-19/h2-13,15-16,25H,14H2,1H3. The maximum Gasteiger partial charge on any atom is 0.268 e. The Labute approximate surface area is 174 Å². The predicted molar refractivity (Wildman–Crippen MR) is 115 cm³/mol. The molecule has 0 unspecified atom stereocenters. The average molecular weight is 421 g/mol. The van der Waals surface area contributed by atoms with Gasteiger partial charge in [-0.2, -0.15) is 0 Å². The Morgan fingerprint density at radius 3 is 2.53 bits per heavy atom. The van der Waals surface area contributed by atoms with Gasteiger partial charge in [0.1, 0.15) is 5.82 Å². The molecule has 0 saturated carbocycles. The predicted octanol–water partition coefficient (Wildman–Crippen LogP) is 4.31. The Balaban J connectivity index is 1.87. The number of benzene rings is 2. The van der Waals surface area contributed by atoms with Gasteiger partial charge in [0.25, 0.3) is 10.0 Å². The number of rotatable bonds is 6. The van der Waals surface area contributed by atoms with E-state index in [1.54, 1.807) is 61.9 Å². The second kappa shape index (κ2) is 8.22. The van der Waals surface area contributed by atoms with Gasteiger partial charge in [-0.25, -0.2) is 16.8 Å². The second-order valence-electron chi connectivity index (χ2n) is 6.81. The van der Waals surface area contributed by atoms with E-state index in [1.807, 2.05) is 12.1 Å². The van der Waals surface area contributed by atoms with Crippen LogP contribution in [-0.4, -0.2) is 24.4 Å². The van der Waals surface area contributed by atoms with E-state index in [2.05, 4.69) is 10.3 Å². The molecule has 2 aromatic carbocycles. The summed E-state index contributed by atoms with van der Waals surface area (Å²) in [6.07, 6.45) is 4.87. The van der Waals surface area contributed by atoms with E-state index in [1.165, 1.54) is 18.3 Å². The van der Waals surface area contributed by atoms with Gasteiger partial charge in [0.2, 0.25) is 0 Å². The summed E-state index contributed by atoms with van der Waals surface area (Å²) in [5.41, 5.74) is 2.80. The minimum atomic E-state index is -3.96. The molecule has 0 radical (unpaired) electrons. The summed E-state index contributed by atoms with van der Waals surface area (Å²) >= 11 is 0. The van der Waals surface area contributed by atoms with Gasteiger partial charge >= 0.3 is 0 Å². The van der Waals surface area contributed by atoms with Gasteiger partial charge in [-0.15, -0.1) is 0 Å². The fraction of sp³-hybridized carbons (Fsp3) is 0.0870. The number of pyridine rings is 1. The zero-order valence-electron chi connectivity index (χ0n) is 16.3. The van der Waals surface area contributed by atoms with Crippen molar-refractivity contribution in [2.24, 2.45) is 0 Å². The van der Waals surface area contributed by atoms with Crippen molar-refractivity contribution in [3.05, 3.63) is 96.7 Å². The van der Waals surface area contributed by atoms with E-state index < -0.39 is 15.8 Å². The van der Waals surface area contributed by atoms with Crippen LogP contribution < -0.4 is 5.32 Å². The molecule has 5 nitrogen and oxygen atoms in total. The molecule has 0 aliphatic carbocycles. The van der Waals surface area contributed by atoms with Crippen molar-refractivity contribution in [1.82, 2.24) is 14.3 Å². The van der Waals surface area contributed by atoms with E-state index in [-0.39, 0.29) is 16.2 Å². The lowest BCUT2D eigenvalue weighted by atomic mass is 10.1. The summed E-state index contributed by atoms with van der Waals surface area (Å²) in [5.74, 6) is -0.479. The van der Waals surface area contributed by atoms with Crippen LogP contribution in [0.4, 0.5) is 4.39 Å². The van der Waals surface area contributed by atoms with Gasteiger partial charge in [-0.1, -0.05) is 30.3 Å². The first-order valence-electron chi connectivity index (χ1n) is 9.37. The van der Waals surface area contributed by atoms with E-state index in [4.69, 9.17) is 0 Å². The van der Waals surface area contributed by atoms with Crippen LogP contribution in [0.3, 0.4) is 0 Å². The van der Waals surface area contributed by atoms with Gasteiger partial charge in [0.05, 0.1) is 10.6 Å². The summed E-state index contributed by atoms with van der Waals surface area (Å²) in [6, 6.07) is 18.2. The number of hydrogen-bond acceptors (Lipinski definition) is 4. The fourth-order valence-corrected chi connectivity index (χ4v) is 4.78. The molecule has 30 heavy (non-hydrogen) atoms. The molecular formula is C23H20FN3O2S. The van der Waals surface area contributed by atoms with Crippen molar-refractivity contribution in [3.8, 4) is 22.4 Å². The lowest BCUT2D eigenvalue weighted by Crippen LogP contribution is -2.14. The number of aromatic nitrogens is 2. The summed E-state index contributed by atoms with van der Waals surface area (Å²) in [7, 11) is -2.19. The molecule has 2 heterocycles. The Bertz CT molecular complexity index is 1280. The quantitative estimate of drug-likeness (QED) is 0.504. The first-order valence-corrected chi connectivity index (χ1v) is 10.8. The molecule has 0 aliphatic heterocycles. The van der Waals surface area contributed by atoms with Gasteiger partial charge < -0.3 is 5.32 Å². The van der Waals surface area contributed by atoms with Crippen LogP contribution in [0.2, 0.25) is 0 Å². The van der Waals surface area contributed by atoms with Gasteiger partial charge in [-0.05, 0) is 54.6 Å². The van der Waals surface area contributed by atoms with Crippen LogP contribution in [0.1, 0.15) is 5.56 Å². The molecular weight excluding hydrogens is 401 g/mol. The molecule has 4 aromatic rings. The van der Waals surface area contributed by atoms with E-state index in [0.717, 1.165) is 20.7 Å². The molecule has 0 amide bonds. The number of halogens is 1. The molecule has 152 valence electrons. The lowest BCUT2D eigenvalue weighted by molar-refractivity contribution is 0.587. The van der Waals surface area contributed by atoms with E-state index >= 15 is 0 Å². The van der Waals surface area contributed by atoms with Gasteiger partial charge in [0.15, 0.2) is 0 Å². The first-order chi connectivity index (χ1) is 14.5. The summed E-state index contributed by atoms with van der Waals surface area (Å²) < 4.78 is 42.7. The van der Waals surface area contributed by atoms with Crippen molar-refractivity contribution < 1.29 is 12.8 Å². The third kappa shape index (κ3) is 3.77. The molecule has 0 bridgehead atoms. The monoisotopic (exact) mass is 421 g/mol. The SMILES string of the molecule is CNCc1cc(-c2ccccc2F)n(S(=O)(=O)c2cccc(-c3cccnc3)c2)c1. The average Bonchev–Trinajstić information content (AvgIpc) is 3.20. The van der Waals surface area contributed by atoms with Crippen LogP contribution >= 0.6 is 0 Å². The van der Waals surface area contributed by atoms with Crippen molar-refractivity contribution in [1.29, 1.82) is 0 Å². The van der Waals surface area contributed by atoms with Crippen LogP contribution in [0.15, 0.2) is 90.2 Å². The maximum atomic E-state index is 14.5. The molecule has 0 fully saturated rings. The van der Waals surface area contributed by atoms with Crippen LogP contribution in [0.5, 0.6) is 0 Å². The molecule has 0 aliphatic rings. The third-order valence-electron chi connectivity index (χ3n) is 4.76. The highest BCUT2D eigenvalue weighted by Crippen LogP contribution is 2.30. The largest absolute Gasteiger partial charge is 0.316 e. The normalized spacial score (nSPS) is 11.5. The Morgan fingerprint density at radius 2 is 1.80 bits per heavy atom. The molecule has 7 heteroatoms. The minimum Gasteiger partial charge on any atom is -0.316 e. The van der Waals surface area contributed by atoms with Crippen molar-refractivity contribution in [3.63, 3.8) is 0 Å². The highest BCUT2D eigenvalue weighted by molar-refractivity contribution is 7.90. The zero-order chi connectivity index (χ0) is 21.1. The topological polar surface area (TPSA) is 64.0 Å². The Kier molecular flexibility index (Phi) is 5.48. The number of nitrogens with zero attached hydrogens (tertiary/aromatic N) is 2. The molecule has 0 atom stereocenters. The fourth-order valence-electron chi connectivity index (χ4n) is 3.34. The van der Waals surface area contributed by atoms with Gasteiger partial charge in [0, 0.05) is 36.3 Å². The van der Waals surface area contributed by atoms with Gasteiger partial charge in [-0.3, -0.25) is 4.98 Å². The Hall–Kier alpha value is -3.29. The third-order valence-corrected chi connectivity index (χ3v) is 6.43. The first kappa shape index (κ1) is 20.0. The smallest absolute Gasteiger partial charge is 0.268 e. The summed E-state index contributed by atoms with van der Waals surface area (Å²) in [5, 5.41) is 3.00. The lowest BCUT2D eigenvalue weighted by Gasteiger charge is -2.12. The van der Waals surface area contributed by atoms with E-state index in [9.17, 15) is 12.8 Å². The minimum absolute atomic E-state index is 0.119. The van der Waals surface area contributed by atoms with Crippen LogP contribution in [0.25, 0.3) is 22.4 Å². The van der Waals surface area contributed by atoms with Crippen molar-refractivity contribution >= 4 is 10.0 Å². The maximum absolute atomic E-state index is 14.5. The molecule has 4 rings (SSSR count). The van der Waals surface area contributed by atoms with E-state index in [0.29, 0.717) is 6.54 Å². The van der Waals surface area contributed by atoms with Crippen LogP contribution in [0, 0.1) is 5.82 Å². The summed E-state index contributed by atoms with van der Waals surface area (Å²) in [6.45, 7) is 0.458. The zero-order valence-corrected chi connectivity index (χ0v) is 17.1. The Morgan fingerprint density at radius 1 is 1.00 bits per heavy atom. The molecule has 0 saturated heterocycles. The second-order valence-corrected chi connectivity index (χ2v) is 8.63. The highest BCUT2D eigenvalue weighted by atomic mass is 32.2. The van der Waals surface area contributed by atoms with Crippen molar-refractivity contribution in [2.45, 2.75) is 11.4 Å². The molecule has 0 spiro atoms. The molecule has 1 N–H and O–H groups in total. The van der Waals surface area contributed by atoms with Crippen molar-refractivity contribution in [2.75, 3.05) is 7.05 Å². The number of nitrogens with one attached hydrogen (secondary N) is 1. The molecule has 2 aromatic heterocycles. The summed E-state index contributed by atoms with van der Waals surface area (Å²) in [4.78, 5) is 4.21. The highest BCUT2D eigenvalue weighted by Gasteiger charge is 2.23.